The summed E-state index contributed by atoms with van der Waals surface area (Å²) < 4.78 is 16.7. The highest BCUT2D eigenvalue weighted by Crippen LogP contribution is 2.51. The van der Waals surface area contributed by atoms with Gasteiger partial charge in [0.15, 0.2) is 5.78 Å². The maximum Gasteiger partial charge on any atom is 0.349 e. The zero-order chi connectivity index (χ0) is 28.4. The summed E-state index contributed by atoms with van der Waals surface area (Å²) in [6, 6.07) is 5.66. The van der Waals surface area contributed by atoms with Gasteiger partial charge in [0, 0.05) is 48.9 Å². The monoisotopic (exact) mass is 544 g/mol. The minimum absolute atomic E-state index is 0.0142. The molecule has 1 fully saturated rings. The highest BCUT2D eigenvalue weighted by Gasteiger charge is 2.42. The molecule has 0 spiro atoms. The van der Waals surface area contributed by atoms with E-state index in [0.717, 1.165) is 36.9 Å². The van der Waals surface area contributed by atoms with Gasteiger partial charge in [0.2, 0.25) is 0 Å². The second-order valence-corrected chi connectivity index (χ2v) is 12.5. The first-order chi connectivity index (χ1) is 19.0. The molecule has 1 saturated heterocycles. The average Bonchev–Trinajstić information content (AvgIpc) is 2.90. The van der Waals surface area contributed by atoms with E-state index in [4.69, 9.17) is 13.6 Å². The van der Waals surface area contributed by atoms with Crippen LogP contribution >= 0.6 is 0 Å². The Balaban J connectivity index is 1.44. The standard InChI is InChI=1S/C32H36N2O6/c1-19-16-23(33-12-14-38-15-13-33)25(30(37)39-19)24(35)7-6-20-17-21-18-22-27-26(28(21)40-29(20)36)32(4,5)9-11-34(27)10-8-31(22,2)3/h6-7,16-18H,8-15H2,1-5H3/b7-6+. The fourth-order valence-corrected chi connectivity index (χ4v) is 6.41. The van der Waals surface area contributed by atoms with E-state index in [1.807, 2.05) is 11.0 Å². The molecule has 1 aromatic carbocycles. The zero-order valence-corrected chi connectivity index (χ0v) is 23.9. The molecule has 3 aromatic rings. The first-order valence-corrected chi connectivity index (χ1v) is 14.1. The molecule has 8 heteroatoms. The molecule has 0 aliphatic carbocycles. The number of hydrogen-bond acceptors (Lipinski definition) is 8. The Morgan fingerprint density at radius 1 is 0.875 bits per heavy atom. The van der Waals surface area contributed by atoms with E-state index in [9.17, 15) is 14.4 Å². The Labute approximate surface area is 233 Å². The van der Waals surface area contributed by atoms with Crippen LogP contribution in [0.5, 0.6) is 0 Å². The van der Waals surface area contributed by atoms with Crippen molar-refractivity contribution < 1.29 is 18.4 Å². The van der Waals surface area contributed by atoms with Crippen LogP contribution in [0.4, 0.5) is 11.4 Å². The van der Waals surface area contributed by atoms with Crippen molar-refractivity contribution >= 4 is 34.2 Å². The lowest BCUT2D eigenvalue weighted by atomic mass is 9.69. The number of benzene rings is 1. The summed E-state index contributed by atoms with van der Waals surface area (Å²) in [5.41, 5.74) is 3.56. The van der Waals surface area contributed by atoms with E-state index in [1.54, 1.807) is 13.0 Å². The van der Waals surface area contributed by atoms with Crippen molar-refractivity contribution in [2.75, 3.05) is 49.2 Å². The lowest BCUT2D eigenvalue weighted by Crippen LogP contribution is -2.44. The normalized spacial score (nSPS) is 19.7. The van der Waals surface area contributed by atoms with Crippen LogP contribution < -0.4 is 21.1 Å². The molecule has 0 unspecified atom stereocenters. The number of rotatable bonds is 4. The fourth-order valence-electron chi connectivity index (χ4n) is 6.41. The van der Waals surface area contributed by atoms with Crippen molar-refractivity contribution in [1.82, 2.24) is 0 Å². The number of anilines is 2. The number of nitrogens with zero attached hydrogens (tertiary/aromatic N) is 2. The van der Waals surface area contributed by atoms with E-state index < -0.39 is 17.0 Å². The van der Waals surface area contributed by atoms with Crippen molar-refractivity contribution in [2.45, 2.75) is 58.3 Å². The van der Waals surface area contributed by atoms with E-state index in [1.165, 1.54) is 23.4 Å². The molecule has 210 valence electrons. The van der Waals surface area contributed by atoms with Crippen molar-refractivity contribution in [2.24, 2.45) is 0 Å². The third-order valence-electron chi connectivity index (χ3n) is 8.82. The Hall–Kier alpha value is -3.65. The van der Waals surface area contributed by atoms with Gasteiger partial charge in [-0.3, -0.25) is 4.79 Å². The number of morpholine rings is 1. The van der Waals surface area contributed by atoms with Crippen LogP contribution in [-0.4, -0.2) is 45.2 Å². The van der Waals surface area contributed by atoms with Crippen LogP contribution in [0.1, 0.15) is 73.3 Å². The van der Waals surface area contributed by atoms with Crippen molar-refractivity contribution in [1.29, 1.82) is 0 Å². The van der Waals surface area contributed by atoms with Crippen LogP contribution in [0.2, 0.25) is 0 Å². The van der Waals surface area contributed by atoms with Gasteiger partial charge in [-0.25, -0.2) is 9.59 Å². The first-order valence-electron chi connectivity index (χ1n) is 14.1. The lowest BCUT2D eigenvalue weighted by Gasteiger charge is -2.48. The molecular weight excluding hydrogens is 508 g/mol. The van der Waals surface area contributed by atoms with Gasteiger partial charge in [0.1, 0.15) is 16.9 Å². The maximum absolute atomic E-state index is 13.4. The predicted molar refractivity (Wildman–Crippen MR) is 156 cm³/mol. The quantitative estimate of drug-likeness (QED) is 0.259. The topological polar surface area (TPSA) is 93.2 Å². The molecule has 2 aromatic heterocycles. The zero-order valence-electron chi connectivity index (χ0n) is 23.9. The second-order valence-electron chi connectivity index (χ2n) is 12.5. The highest BCUT2D eigenvalue weighted by atomic mass is 16.5. The summed E-state index contributed by atoms with van der Waals surface area (Å²) in [4.78, 5) is 43.8. The van der Waals surface area contributed by atoms with Gasteiger partial charge in [0.05, 0.1) is 24.5 Å². The molecule has 40 heavy (non-hydrogen) atoms. The second kappa shape index (κ2) is 9.47. The summed E-state index contributed by atoms with van der Waals surface area (Å²) in [5.74, 6) is -0.0907. The molecular formula is C32H36N2O6. The molecule has 3 aliphatic rings. The van der Waals surface area contributed by atoms with Gasteiger partial charge in [-0.2, -0.15) is 0 Å². The Bertz CT molecular complexity index is 1670. The molecule has 5 heterocycles. The van der Waals surface area contributed by atoms with Gasteiger partial charge in [-0.1, -0.05) is 27.7 Å². The summed E-state index contributed by atoms with van der Waals surface area (Å²) >= 11 is 0. The van der Waals surface area contributed by atoms with Gasteiger partial charge in [-0.15, -0.1) is 0 Å². The third-order valence-corrected chi connectivity index (χ3v) is 8.82. The molecule has 0 bridgehead atoms. The minimum atomic E-state index is -0.693. The number of hydrogen-bond donors (Lipinski definition) is 0. The van der Waals surface area contributed by atoms with Crippen LogP contribution in [-0.2, 0) is 15.6 Å². The van der Waals surface area contributed by atoms with Crippen LogP contribution in [0.3, 0.4) is 0 Å². The molecule has 0 radical (unpaired) electrons. The number of fused-ring (bicyclic) bond motifs is 2. The third kappa shape index (κ3) is 4.38. The molecule has 3 aliphatic heterocycles. The van der Waals surface area contributed by atoms with Gasteiger partial charge in [0.25, 0.3) is 0 Å². The van der Waals surface area contributed by atoms with Crippen molar-refractivity contribution in [3.8, 4) is 0 Å². The van der Waals surface area contributed by atoms with Gasteiger partial charge in [-0.05, 0) is 60.4 Å². The molecule has 0 saturated carbocycles. The maximum atomic E-state index is 13.4. The van der Waals surface area contributed by atoms with Gasteiger partial charge >= 0.3 is 11.3 Å². The van der Waals surface area contributed by atoms with Crippen molar-refractivity contribution in [3.05, 3.63) is 73.1 Å². The van der Waals surface area contributed by atoms with Gasteiger partial charge < -0.3 is 23.4 Å². The number of carbonyl (C=O) groups is 1. The SMILES string of the molecule is Cc1cc(N2CCOCC2)c(C(=O)/C=C/c2cc3cc4c5c(c3oc2=O)C(C)(C)CCN5CCC4(C)C)c(=O)o1. The average molecular weight is 545 g/mol. The first kappa shape index (κ1) is 26.6. The van der Waals surface area contributed by atoms with Crippen molar-refractivity contribution in [3.63, 3.8) is 0 Å². The van der Waals surface area contributed by atoms with Crippen LogP contribution in [0.15, 0.2) is 42.7 Å². The van der Waals surface area contributed by atoms with Crippen LogP contribution in [0.25, 0.3) is 17.0 Å². The minimum Gasteiger partial charge on any atom is -0.428 e. The van der Waals surface area contributed by atoms with E-state index in [-0.39, 0.29) is 22.0 Å². The molecule has 6 rings (SSSR count). The molecule has 0 amide bonds. The summed E-state index contributed by atoms with van der Waals surface area (Å²) in [6.45, 7) is 14.8. The molecule has 0 atom stereocenters. The number of ketones is 1. The summed E-state index contributed by atoms with van der Waals surface area (Å²) in [7, 11) is 0. The van der Waals surface area contributed by atoms with E-state index >= 15 is 0 Å². The number of aryl methyl sites for hydroxylation is 1. The van der Waals surface area contributed by atoms with E-state index in [0.29, 0.717) is 43.3 Å². The largest absolute Gasteiger partial charge is 0.428 e. The summed E-state index contributed by atoms with van der Waals surface area (Å²) in [6.07, 6.45) is 4.74. The number of carbonyl (C=O) groups excluding carboxylic acids is 1. The lowest BCUT2D eigenvalue weighted by molar-refractivity contribution is 0.104. The fraction of sp³-hybridized carbons (Fsp3) is 0.469. The Morgan fingerprint density at radius 2 is 1.57 bits per heavy atom. The molecule has 0 N–H and O–H groups in total. The van der Waals surface area contributed by atoms with E-state index in [2.05, 4.69) is 38.7 Å². The summed E-state index contributed by atoms with van der Waals surface area (Å²) in [5, 5.41) is 0.842. The highest BCUT2D eigenvalue weighted by molar-refractivity contribution is 6.10. The smallest absolute Gasteiger partial charge is 0.349 e. The number of ether oxygens (including phenoxy) is 1. The Morgan fingerprint density at radius 3 is 2.30 bits per heavy atom. The Kier molecular flexibility index (Phi) is 6.29. The molecule has 8 nitrogen and oxygen atoms in total. The van der Waals surface area contributed by atoms with Crippen LogP contribution in [0, 0.1) is 6.92 Å². The predicted octanol–water partition coefficient (Wildman–Crippen LogP) is 4.96. The number of allylic oxidation sites excluding steroid dienone is 1.